The van der Waals surface area contributed by atoms with E-state index in [9.17, 15) is 4.79 Å². The molecule has 1 aromatic heterocycles. The molecule has 0 saturated carbocycles. The number of halogens is 1. The molecule has 0 aromatic carbocycles. The summed E-state index contributed by atoms with van der Waals surface area (Å²) in [5.41, 5.74) is 0.804. The van der Waals surface area contributed by atoms with Crippen LogP contribution in [-0.2, 0) is 9.53 Å². The van der Waals surface area contributed by atoms with Gasteiger partial charge in [0.1, 0.15) is 5.82 Å². The first-order valence-corrected chi connectivity index (χ1v) is 5.90. The lowest BCUT2D eigenvalue weighted by atomic mass is 10.3. The lowest BCUT2D eigenvalue weighted by molar-refractivity contribution is -0.143. The lowest BCUT2D eigenvalue weighted by Gasteiger charge is -2.06. The maximum atomic E-state index is 11.1. The van der Waals surface area contributed by atoms with E-state index in [2.05, 4.69) is 15.3 Å². The summed E-state index contributed by atoms with van der Waals surface area (Å²) in [6.07, 6.45) is 1.10. The van der Waals surface area contributed by atoms with E-state index in [0.717, 1.165) is 5.69 Å². The number of carbonyl (C=O) groups excluding carboxylic acids is 1. The summed E-state index contributed by atoms with van der Waals surface area (Å²) < 4.78 is 4.82. The molecule has 6 heteroatoms. The van der Waals surface area contributed by atoms with Gasteiger partial charge in [0.15, 0.2) is 0 Å². The number of hydrogen-bond donors (Lipinski definition) is 1. The van der Waals surface area contributed by atoms with Crippen molar-refractivity contribution in [2.75, 3.05) is 18.5 Å². The number of anilines is 1. The van der Waals surface area contributed by atoms with Crippen LogP contribution in [0.3, 0.4) is 0 Å². The zero-order valence-corrected chi connectivity index (χ0v) is 10.8. The third-order valence-electron chi connectivity index (χ3n) is 2.00. The van der Waals surface area contributed by atoms with Crippen molar-refractivity contribution < 1.29 is 9.53 Å². The van der Waals surface area contributed by atoms with Gasteiger partial charge in [0.25, 0.3) is 0 Å². The van der Waals surface area contributed by atoms with Crippen LogP contribution in [-0.4, -0.2) is 29.1 Å². The minimum Gasteiger partial charge on any atom is -0.466 e. The molecule has 0 atom stereocenters. The number of ether oxygens (including phenoxy) is 1. The normalized spacial score (nSPS) is 10.1. The Morgan fingerprint density at radius 3 is 2.94 bits per heavy atom. The van der Waals surface area contributed by atoms with Gasteiger partial charge in [-0.25, -0.2) is 9.97 Å². The summed E-state index contributed by atoms with van der Waals surface area (Å²) in [7, 11) is 0. The number of rotatable bonds is 6. The molecule has 0 aliphatic carbocycles. The van der Waals surface area contributed by atoms with E-state index in [4.69, 9.17) is 16.3 Å². The van der Waals surface area contributed by atoms with Gasteiger partial charge in [0.2, 0.25) is 5.28 Å². The number of nitrogens with one attached hydrogen (secondary N) is 1. The Balaban J connectivity index is 2.28. The predicted octanol–water partition coefficient (Wildman–Crippen LogP) is 2.19. The van der Waals surface area contributed by atoms with Gasteiger partial charge in [-0.1, -0.05) is 0 Å². The molecule has 17 heavy (non-hydrogen) atoms. The molecule has 0 aliphatic rings. The largest absolute Gasteiger partial charge is 0.466 e. The Kier molecular flexibility index (Phi) is 5.69. The molecule has 0 radical (unpaired) electrons. The van der Waals surface area contributed by atoms with Crippen molar-refractivity contribution in [3.63, 3.8) is 0 Å². The van der Waals surface area contributed by atoms with Crippen molar-refractivity contribution in [3.05, 3.63) is 17.0 Å². The Hall–Kier alpha value is -1.36. The smallest absolute Gasteiger partial charge is 0.305 e. The fourth-order valence-corrected chi connectivity index (χ4v) is 1.53. The van der Waals surface area contributed by atoms with E-state index in [-0.39, 0.29) is 11.3 Å². The van der Waals surface area contributed by atoms with Crippen LogP contribution in [0, 0.1) is 6.92 Å². The van der Waals surface area contributed by atoms with E-state index in [0.29, 0.717) is 31.8 Å². The summed E-state index contributed by atoms with van der Waals surface area (Å²) in [5.74, 6) is 0.498. The minimum absolute atomic E-state index is 0.175. The molecule has 5 nitrogen and oxygen atoms in total. The topological polar surface area (TPSA) is 64.1 Å². The third kappa shape index (κ3) is 5.49. The summed E-state index contributed by atoms with van der Waals surface area (Å²) in [6, 6.07) is 1.80. The summed E-state index contributed by atoms with van der Waals surface area (Å²) in [4.78, 5) is 19.0. The fourth-order valence-electron chi connectivity index (χ4n) is 1.31. The van der Waals surface area contributed by atoms with Crippen LogP contribution in [0.15, 0.2) is 6.07 Å². The molecule has 1 aromatic rings. The third-order valence-corrected chi connectivity index (χ3v) is 2.17. The van der Waals surface area contributed by atoms with Crippen molar-refractivity contribution in [3.8, 4) is 0 Å². The average molecular weight is 258 g/mol. The quantitative estimate of drug-likeness (QED) is 0.481. The first-order chi connectivity index (χ1) is 8.11. The van der Waals surface area contributed by atoms with Crippen LogP contribution in [0.1, 0.15) is 25.5 Å². The van der Waals surface area contributed by atoms with Gasteiger partial charge in [0, 0.05) is 24.7 Å². The highest BCUT2D eigenvalue weighted by atomic mass is 35.5. The van der Waals surface area contributed by atoms with Crippen molar-refractivity contribution in [2.45, 2.75) is 26.7 Å². The van der Waals surface area contributed by atoms with Crippen molar-refractivity contribution in [1.29, 1.82) is 0 Å². The van der Waals surface area contributed by atoms with Gasteiger partial charge in [-0.2, -0.15) is 0 Å². The molecule has 0 bridgehead atoms. The molecule has 0 fully saturated rings. The molecule has 0 amide bonds. The van der Waals surface area contributed by atoms with Gasteiger partial charge < -0.3 is 10.1 Å². The van der Waals surface area contributed by atoms with Crippen LogP contribution in [0.25, 0.3) is 0 Å². The van der Waals surface area contributed by atoms with Gasteiger partial charge in [-0.3, -0.25) is 4.79 Å². The van der Waals surface area contributed by atoms with E-state index in [1.165, 1.54) is 0 Å². The van der Waals surface area contributed by atoms with E-state index in [1.807, 2.05) is 6.92 Å². The highest BCUT2D eigenvalue weighted by Crippen LogP contribution is 2.09. The number of carbonyl (C=O) groups is 1. The summed E-state index contributed by atoms with van der Waals surface area (Å²) >= 11 is 5.72. The minimum atomic E-state index is -0.175. The van der Waals surface area contributed by atoms with Gasteiger partial charge >= 0.3 is 5.97 Å². The monoisotopic (exact) mass is 257 g/mol. The average Bonchev–Trinajstić information content (AvgIpc) is 2.23. The van der Waals surface area contributed by atoms with Crippen LogP contribution >= 0.6 is 11.6 Å². The summed E-state index contributed by atoms with van der Waals surface area (Å²) in [5, 5.41) is 3.30. The van der Waals surface area contributed by atoms with Crippen LogP contribution in [0.4, 0.5) is 5.82 Å². The highest BCUT2D eigenvalue weighted by Gasteiger charge is 2.02. The SMILES string of the molecule is CCOC(=O)CCCNc1cc(C)nc(Cl)n1. The Labute approximate surface area is 106 Å². The molecule has 1 N–H and O–H groups in total. The second kappa shape index (κ2) is 7.06. The Bertz CT molecular complexity index is 365. The maximum absolute atomic E-state index is 11.1. The van der Waals surface area contributed by atoms with E-state index in [1.54, 1.807) is 13.0 Å². The van der Waals surface area contributed by atoms with Crippen molar-refractivity contribution >= 4 is 23.4 Å². The summed E-state index contributed by atoms with van der Waals surface area (Å²) in [6.45, 7) is 4.71. The van der Waals surface area contributed by atoms with Gasteiger partial charge in [-0.05, 0) is 31.9 Å². The molecule has 0 spiro atoms. The van der Waals surface area contributed by atoms with Crippen LogP contribution < -0.4 is 5.32 Å². The van der Waals surface area contributed by atoms with E-state index < -0.39 is 0 Å². The molecular weight excluding hydrogens is 242 g/mol. The first-order valence-electron chi connectivity index (χ1n) is 5.52. The molecule has 1 heterocycles. The zero-order valence-electron chi connectivity index (χ0n) is 9.99. The maximum Gasteiger partial charge on any atom is 0.305 e. The number of nitrogens with zero attached hydrogens (tertiary/aromatic N) is 2. The predicted molar refractivity (Wildman–Crippen MR) is 66.1 cm³/mol. The zero-order chi connectivity index (χ0) is 12.7. The van der Waals surface area contributed by atoms with Gasteiger partial charge in [0.05, 0.1) is 6.61 Å². The first kappa shape index (κ1) is 13.7. The molecule has 94 valence electrons. The van der Waals surface area contributed by atoms with Gasteiger partial charge in [-0.15, -0.1) is 0 Å². The lowest BCUT2D eigenvalue weighted by Crippen LogP contribution is -2.09. The van der Waals surface area contributed by atoms with E-state index >= 15 is 0 Å². The molecule has 0 aliphatic heterocycles. The van der Waals surface area contributed by atoms with Crippen molar-refractivity contribution in [2.24, 2.45) is 0 Å². The molecule has 0 unspecified atom stereocenters. The van der Waals surface area contributed by atoms with Crippen LogP contribution in [0.5, 0.6) is 0 Å². The second-order valence-corrected chi connectivity index (χ2v) is 3.84. The highest BCUT2D eigenvalue weighted by molar-refractivity contribution is 6.28. The standard InChI is InChI=1S/C11H16ClN3O2/c1-3-17-10(16)5-4-6-13-9-7-8(2)14-11(12)15-9/h7H,3-6H2,1-2H3,(H,13,14,15). The number of aromatic nitrogens is 2. The van der Waals surface area contributed by atoms with Crippen LogP contribution in [0.2, 0.25) is 5.28 Å². The Morgan fingerprint density at radius 1 is 1.53 bits per heavy atom. The van der Waals surface area contributed by atoms with Crippen molar-refractivity contribution in [1.82, 2.24) is 9.97 Å². The Morgan fingerprint density at radius 2 is 2.29 bits per heavy atom. The second-order valence-electron chi connectivity index (χ2n) is 3.50. The number of esters is 1. The molecule has 1 rings (SSSR count). The number of hydrogen-bond acceptors (Lipinski definition) is 5. The molecular formula is C11H16ClN3O2. The molecule has 0 saturated heterocycles. The number of aryl methyl sites for hydroxylation is 1. The fraction of sp³-hybridized carbons (Fsp3) is 0.545.